The molecule has 9 heteroatoms. The average Bonchev–Trinajstić information content (AvgIpc) is 3.33. The van der Waals surface area contributed by atoms with Crippen LogP contribution in [0.3, 0.4) is 0 Å². The van der Waals surface area contributed by atoms with Crippen LogP contribution in [0.5, 0.6) is 5.75 Å². The van der Waals surface area contributed by atoms with Crippen LogP contribution in [0.15, 0.2) is 48.2 Å². The number of primary amides is 1. The van der Waals surface area contributed by atoms with Gasteiger partial charge in [-0.25, -0.2) is 0 Å². The molecule has 0 unspecified atom stereocenters. The number of ether oxygens (including phenoxy) is 1. The number of carbonyl (C=O) groups excluding carboxylic acids is 3. The highest BCUT2D eigenvalue weighted by atomic mass is 16.5. The van der Waals surface area contributed by atoms with E-state index in [4.69, 9.17) is 10.5 Å². The molecule has 0 aliphatic carbocycles. The predicted molar refractivity (Wildman–Crippen MR) is 114 cm³/mol. The van der Waals surface area contributed by atoms with Crippen LogP contribution < -0.4 is 10.5 Å². The van der Waals surface area contributed by atoms with Gasteiger partial charge in [-0.1, -0.05) is 18.2 Å². The highest BCUT2D eigenvalue weighted by molar-refractivity contribution is 6.16. The predicted octanol–water partition coefficient (Wildman–Crippen LogP) is 1.96. The van der Waals surface area contributed by atoms with E-state index in [1.807, 2.05) is 11.5 Å². The van der Waals surface area contributed by atoms with E-state index in [1.165, 1.54) is 6.07 Å². The van der Waals surface area contributed by atoms with Crippen molar-refractivity contribution in [3.05, 3.63) is 82.1 Å². The fraction of sp³-hybridized carbons (Fsp3) is 0.174. The van der Waals surface area contributed by atoms with Crippen molar-refractivity contribution in [1.82, 2.24) is 19.7 Å². The lowest BCUT2D eigenvalue weighted by Gasteiger charge is -2.27. The number of nitrogens with two attached hydrogens (primary N) is 1. The first-order chi connectivity index (χ1) is 15.4. The minimum Gasteiger partial charge on any atom is -0.452 e. The summed E-state index contributed by atoms with van der Waals surface area (Å²) in [6.07, 6.45) is 1.58. The number of aromatic nitrogens is 3. The Kier molecular flexibility index (Phi) is 4.58. The Hall–Kier alpha value is -4.27. The summed E-state index contributed by atoms with van der Waals surface area (Å²) < 4.78 is 7.66. The van der Waals surface area contributed by atoms with Gasteiger partial charge in [-0.15, -0.1) is 10.2 Å². The molecule has 9 nitrogen and oxygen atoms in total. The molecule has 2 amide bonds. The van der Waals surface area contributed by atoms with E-state index >= 15 is 0 Å². The number of allylic oxidation sites excluding steroid dienone is 1. The highest BCUT2D eigenvalue weighted by Gasteiger charge is 2.31. The first-order valence-corrected chi connectivity index (χ1v) is 10.1. The van der Waals surface area contributed by atoms with Gasteiger partial charge in [0.15, 0.2) is 17.3 Å². The van der Waals surface area contributed by atoms with Crippen molar-refractivity contribution < 1.29 is 19.1 Å². The van der Waals surface area contributed by atoms with Crippen LogP contribution in [0.2, 0.25) is 0 Å². The number of fused-ring (bicyclic) bond motifs is 2. The number of nitrogens with zero attached hydrogens (tertiary/aromatic N) is 4. The monoisotopic (exact) mass is 429 g/mol. The summed E-state index contributed by atoms with van der Waals surface area (Å²) in [6, 6.07) is 11.6. The Morgan fingerprint density at radius 1 is 1.09 bits per heavy atom. The van der Waals surface area contributed by atoms with Gasteiger partial charge in [-0.2, -0.15) is 0 Å². The second-order valence-electron chi connectivity index (χ2n) is 7.65. The minimum atomic E-state index is -0.662. The number of ketones is 1. The van der Waals surface area contributed by atoms with E-state index in [1.54, 1.807) is 47.4 Å². The molecule has 0 atom stereocenters. The molecule has 160 valence electrons. The molecule has 0 fully saturated rings. The maximum absolute atomic E-state index is 12.9. The number of benzene rings is 2. The summed E-state index contributed by atoms with van der Waals surface area (Å²) >= 11 is 0. The van der Waals surface area contributed by atoms with Gasteiger partial charge in [0.1, 0.15) is 5.82 Å². The molecule has 0 saturated heterocycles. The molecule has 2 N–H and O–H groups in total. The zero-order chi connectivity index (χ0) is 22.4. The number of amides is 2. The lowest BCUT2D eigenvalue weighted by molar-refractivity contribution is 0.0706. The first-order valence-electron chi connectivity index (χ1n) is 10.1. The lowest BCUT2D eigenvalue weighted by Crippen LogP contribution is -2.38. The Labute approximate surface area is 183 Å². The fourth-order valence-corrected chi connectivity index (χ4v) is 3.94. The largest absolute Gasteiger partial charge is 0.452 e. The Balaban J connectivity index is 1.34. The smallest absolute Gasteiger partial charge is 0.254 e. The summed E-state index contributed by atoms with van der Waals surface area (Å²) in [7, 11) is 0. The molecule has 5 rings (SSSR count). The Bertz CT molecular complexity index is 1310. The van der Waals surface area contributed by atoms with Crippen LogP contribution in [0, 0.1) is 6.92 Å². The van der Waals surface area contributed by atoms with E-state index in [2.05, 4.69) is 10.2 Å². The molecule has 0 radical (unpaired) electrons. The summed E-state index contributed by atoms with van der Waals surface area (Å²) in [4.78, 5) is 38.9. The fourth-order valence-electron chi connectivity index (χ4n) is 3.94. The Morgan fingerprint density at radius 2 is 1.88 bits per heavy atom. The number of hydrogen-bond acceptors (Lipinski definition) is 6. The summed E-state index contributed by atoms with van der Waals surface area (Å²) in [6.45, 7) is 3.55. The van der Waals surface area contributed by atoms with Gasteiger partial charge in [0.25, 0.3) is 11.8 Å². The van der Waals surface area contributed by atoms with Crippen molar-refractivity contribution in [2.45, 2.75) is 20.0 Å². The maximum atomic E-state index is 12.9. The lowest BCUT2D eigenvalue weighted by atomic mass is 10.0. The van der Waals surface area contributed by atoms with E-state index in [0.29, 0.717) is 36.3 Å². The van der Waals surface area contributed by atoms with Crippen LogP contribution in [0.1, 0.15) is 48.3 Å². The van der Waals surface area contributed by atoms with E-state index in [-0.39, 0.29) is 28.8 Å². The molecule has 3 aromatic rings. The molecule has 2 aromatic carbocycles. The number of carbonyl (C=O) groups is 3. The van der Waals surface area contributed by atoms with Crippen molar-refractivity contribution in [1.29, 1.82) is 0 Å². The van der Waals surface area contributed by atoms with Crippen molar-refractivity contribution in [2.24, 2.45) is 5.73 Å². The molecular formula is C23H19N5O4. The molecular weight excluding hydrogens is 410 g/mol. The Morgan fingerprint density at radius 3 is 2.62 bits per heavy atom. The standard InChI is InChI=1S/C23H19N5O4/c1-13-25-26-19-12-27(9-10-28(13)19)23(31)15-7-5-14(6-8-15)11-18-20(29)16-3-2-4-17(22(24)30)21(16)32-18/h2-8,11H,9-10,12H2,1H3,(H2,24,30)/b18-11-. The number of para-hydroxylation sites is 1. The average molecular weight is 429 g/mol. The SMILES string of the molecule is Cc1nnc2n1CCN(C(=O)c1ccc(/C=C3\Oc4c(C(N)=O)cccc4C3=O)cc1)C2. The molecule has 0 bridgehead atoms. The van der Waals surface area contributed by atoms with Crippen LogP contribution >= 0.6 is 0 Å². The summed E-state index contributed by atoms with van der Waals surface area (Å²) in [5.74, 6) is 0.812. The van der Waals surface area contributed by atoms with Crippen molar-refractivity contribution in [3.8, 4) is 5.75 Å². The van der Waals surface area contributed by atoms with E-state index in [9.17, 15) is 14.4 Å². The number of Topliss-reactive ketones (excluding diaryl/α,β-unsaturated/α-hetero) is 1. The molecule has 32 heavy (non-hydrogen) atoms. The third-order valence-electron chi connectivity index (χ3n) is 5.64. The van der Waals surface area contributed by atoms with Gasteiger partial charge in [0, 0.05) is 18.7 Å². The number of rotatable bonds is 3. The van der Waals surface area contributed by atoms with Gasteiger partial charge >= 0.3 is 0 Å². The zero-order valence-corrected chi connectivity index (χ0v) is 17.2. The van der Waals surface area contributed by atoms with E-state index < -0.39 is 5.91 Å². The number of hydrogen-bond donors (Lipinski definition) is 1. The molecule has 0 saturated carbocycles. The van der Waals surface area contributed by atoms with Crippen molar-refractivity contribution in [2.75, 3.05) is 6.54 Å². The van der Waals surface area contributed by atoms with Crippen LogP contribution in [-0.2, 0) is 13.1 Å². The highest BCUT2D eigenvalue weighted by Crippen LogP contribution is 2.35. The molecule has 0 spiro atoms. The third kappa shape index (κ3) is 3.24. The van der Waals surface area contributed by atoms with Gasteiger partial charge < -0.3 is 19.9 Å². The maximum Gasteiger partial charge on any atom is 0.254 e. The molecule has 2 aliphatic rings. The summed E-state index contributed by atoms with van der Waals surface area (Å²) in [5.41, 5.74) is 7.05. The van der Waals surface area contributed by atoms with Gasteiger partial charge in [-0.3, -0.25) is 14.4 Å². The van der Waals surface area contributed by atoms with Gasteiger partial charge in [0.05, 0.1) is 17.7 Å². The zero-order valence-electron chi connectivity index (χ0n) is 17.2. The topological polar surface area (TPSA) is 120 Å². The quantitative estimate of drug-likeness (QED) is 0.636. The second-order valence-corrected chi connectivity index (χ2v) is 7.65. The van der Waals surface area contributed by atoms with Crippen molar-refractivity contribution in [3.63, 3.8) is 0 Å². The van der Waals surface area contributed by atoms with Crippen LogP contribution in [-0.4, -0.2) is 43.8 Å². The second kappa shape index (κ2) is 7.45. The van der Waals surface area contributed by atoms with Crippen LogP contribution in [0.4, 0.5) is 0 Å². The normalized spacial score (nSPS) is 16.0. The van der Waals surface area contributed by atoms with Gasteiger partial charge in [0.2, 0.25) is 5.78 Å². The van der Waals surface area contributed by atoms with Crippen molar-refractivity contribution >= 4 is 23.7 Å². The first kappa shape index (κ1) is 19.7. The number of aryl methyl sites for hydroxylation is 1. The van der Waals surface area contributed by atoms with Crippen LogP contribution in [0.25, 0.3) is 6.08 Å². The molecule has 3 heterocycles. The third-order valence-corrected chi connectivity index (χ3v) is 5.64. The summed E-state index contributed by atoms with van der Waals surface area (Å²) in [5, 5.41) is 8.20. The van der Waals surface area contributed by atoms with Gasteiger partial charge in [-0.05, 0) is 42.8 Å². The molecule has 2 aliphatic heterocycles. The minimum absolute atomic E-state index is 0.0946. The molecule has 1 aromatic heterocycles. The van der Waals surface area contributed by atoms with E-state index in [0.717, 1.165) is 11.6 Å².